The van der Waals surface area contributed by atoms with Gasteiger partial charge in [0.05, 0.1) is 7.11 Å². The number of methoxy groups -OCH3 is 1. The standard InChI is InChI=1S/C14H18O2/c1-9-4-5-14(16-3)11(6-9)8-13(15)12-7-10(12)2/h4-6,10,12H,7-8H2,1-3H3. The molecular weight excluding hydrogens is 200 g/mol. The maximum atomic E-state index is 11.9. The van der Waals surface area contributed by atoms with Gasteiger partial charge in [-0.15, -0.1) is 0 Å². The van der Waals surface area contributed by atoms with Gasteiger partial charge in [0.15, 0.2) is 0 Å². The third-order valence-corrected chi connectivity index (χ3v) is 3.32. The second kappa shape index (κ2) is 4.28. The maximum Gasteiger partial charge on any atom is 0.140 e. The lowest BCUT2D eigenvalue weighted by molar-refractivity contribution is -0.119. The van der Waals surface area contributed by atoms with Crippen LogP contribution in [0.3, 0.4) is 0 Å². The highest BCUT2D eigenvalue weighted by Crippen LogP contribution is 2.39. The molecule has 1 aliphatic rings. The van der Waals surface area contributed by atoms with Crippen LogP contribution in [0.25, 0.3) is 0 Å². The van der Waals surface area contributed by atoms with E-state index in [1.54, 1.807) is 7.11 Å². The van der Waals surface area contributed by atoms with E-state index in [0.29, 0.717) is 24.0 Å². The Morgan fingerprint density at radius 2 is 2.19 bits per heavy atom. The topological polar surface area (TPSA) is 26.3 Å². The van der Waals surface area contributed by atoms with Gasteiger partial charge in [-0.1, -0.05) is 24.6 Å². The monoisotopic (exact) mass is 218 g/mol. The average Bonchev–Trinajstić information content (AvgIpc) is 2.96. The van der Waals surface area contributed by atoms with Crippen LogP contribution >= 0.6 is 0 Å². The van der Waals surface area contributed by atoms with Crippen molar-refractivity contribution in [3.8, 4) is 5.75 Å². The van der Waals surface area contributed by atoms with E-state index >= 15 is 0 Å². The number of carbonyl (C=O) groups is 1. The van der Waals surface area contributed by atoms with Crippen molar-refractivity contribution < 1.29 is 9.53 Å². The normalized spacial score (nSPS) is 22.9. The molecule has 0 amide bonds. The summed E-state index contributed by atoms with van der Waals surface area (Å²) in [4.78, 5) is 11.9. The number of aryl methyl sites for hydroxylation is 1. The van der Waals surface area contributed by atoms with Crippen LogP contribution in [0.5, 0.6) is 5.75 Å². The molecular formula is C14H18O2. The third kappa shape index (κ3) is 2.26. The molecule has 2 atom stereocenters. The number of carbonyl (C=O) groups excluding carboxylic acids is 1. The van der Waals surface area contributed by atoms with E-state index in [0.717, 1.165) is 17.7 Å². The Hall–Kier alpha value is -1.31. The van der Waals surface area contributed by atoms with Crippen LogP contribution in [0.1, 0.15) is 24.5 Å². The van der Waals surface area contributed by atoms with Crippen molar-refractivity contribution in [1.29, 1.82) is 0 Å². The number of ketones is 1. The lowest BCUT2D eigenvalue weighted by atomic mass is 10.0. The van der Waals surface area contributed by atoms with E-state index in [-0.39, 0.29) is 0 Å². The quantitative estimate of drug-likeness (QED) is 0.776. The summed E-state index contributed by atoms with van der Waals surface area (Å²) >= 11 is 0. The zero-order valence-corrected chi connectivity index (χ0v) is 10.1. The molecule has 2 unspecified atom stereocenters. The van der Waals surface area contributed by atoms with Crippen molar-refractivity contribution in [1.82, 2.24) is 0 Å². The third-order valence-electron chi connectivity index (χ3n) is 3.32. The highest BCUT2D eigenvalue weighted by atomic mass is 16.5. The first-order valence-electron chi connectivity index (χ1n) is 5.78. The highest BCUT2D eigenvalue weighted by molar-refractivity contribution is 5.86. The number of rotatable bonds is 4. The Kier molecular flexibility index (Phi) is 2.99. The molecule has 0 bridgehead atoms. The first-order valence-corrected chi connectivity index (χ1v) is 5.78. The Bertz CT molecular complexity index is 409. The van der Waals surface area contributed by atoms with E-state index in [1.807, 2.05) is 25.1 Å². The van der Waals surface area contributed by atoms with Gasteiger partial charge in [0.25, 0.3) is 0 Å². The van der Waals surface area contributed by atoms with Crippen LogP contribution in [0.4, 0.5) is 0 Å². The van der Waals surface area contributed by atoms with Crippen molar-refractivity contribution in [3.05, 3.63) is 29.3 Å². The zero-order valence-electron chi connectivity index (χ0n) is 10.1. The smallest absolute Gasteiger partial charge is 0.140 e. The molecule has 86 valence electrons. The van der Waals surface area contributed by atoms with E-state index < -0.39 is 0 Å². The summed E-state index contributed by atoms with van der Waals surface area (Å²) in [6, 6.07) is 5.99. The van der Waals surface area contributed by atoms with Crippen molar-refractivity contribution in [2.45, 2.75) is 26.7 Å². The van der Waals surface area contributed by atoms with Gasteiger partial charge in [-0.25, -0.2) is 0 Å². The lowest BCUT2D eigenvalue weighted by Gasteiger charge is -2.08. The molecule has 0 saturated heterocycles. The second-order valence-corrected chi connectivity index (χ2v) is 4.78. The van der Waals surface area contributed by atoms with Gasteiger partial charge in [0, 0.05) is 17.9 Å². The fourth-order valence-corrected chi connectivity index (χ4v) is 2.14. The van der Waals surface area contributed by atoms with Crippen LogP contribution < -0.4 is 4.74 Å². The van der Waals surface area contributed by atoms with Crippen LogP contribution in [0, 0.1) is 18.8 Å². The van der Waals surface area contributed by atoms with Crippen molar-refractivity contribution in [2.24, 2.45) is 11.8 Å². The van der Waals surface area contributed by atoms with Crippen molar-refractivity contribution in [3.63, 3.8) is 0 Å². The number of Topliss-reactive ketones (excluding diaryl/α,β-unsaturated/α-hetero) is 1. The first-order chi connectivity index (χ1) is 7.61. The summed E-state index contributed by atoms with van der Waals surface area (Å²) in [5, 5.41) is 0. The number of benzene rings is 1. The van der Waals surface area contributed by atoms with Crippen LogP contribution in [-0.2, 0) is 11.2 Å². The zero-order chi connectivity index (χ0) is 11.7. The van der Waals surface area contributed by atoms with E-state index in [1.165, 1.54) is 5.56 Å². The Labute approximate surface area is 96.6 Å². The van der Waals surface area contributed by atoms with Crippen LogP contribution in [-0.4, -0.2) is 12.9 Å². The van der Waals surface area contributed by atoms with Crippen LogP contribution in [0.2, 0.25) is 0 Å². The molecule has 1 fully saturated rings. The van der Waals surface area contributed by atoms with Gasteiger partial charge in [-0.05, 0) is 25.3 Å². The molecule has 1 aromatic carbocycles. The molecule has 2 nitrogen and oxygen atoms in total. The van der Waals surface area contributed by atoms with Gasteiger partial charge < -0.3 is 4.74 Å². The predicted molar refractivity (Wildman–Crippen MR) is 63.7 cm³/mol. The van der Waals surface area contributed by atoms with Gasteiger partial charge in [-0.3, -0.25) is 4.79 Å². The second-order valence-electron chi connectivity index (χ2n) is 4.78. The van der Waals surface area contributed by atoms with Crippen molar-refractivity contribution in [2.75, 3.05) is 7.11 Å². The Morgan fingerprint density at radius 3 is 2.75 bits per heavy atom. The highest BCUT2D eigenvalue weighted by Gasteiger charge is 2.38. The summed E-state index contributed by atoms with van der Waals surface area (Å²) in [6.07, 6.45) is 1.58. The average molecular weight is 218 g/mol. The molecule has 0 heterocycles. The molecule has 0 spiro atoms. The lowest BCUT2D eigenvalue weighted by Crippen LogP contribution is -2.07. The molecule has 1 aliphatic carbocycles. The largest absolute Gasteiger partial charge is 0.496 e. The van der Waals surface area contributed by atoms with Crippen molar-refractivity contribution >= 4 is 5.78 Å². The number of hydrogen-bond donors (Lipinski definition) is 0. The molecule has 1 aromatic rings. The minimum Gasteiger partial charge on any atom is -0.496 e. The summed E-state index contributed by atoms with van der Waals surface area (Å²) in [5.74, 6) is 2.07. The fraction of sp³-hybridized carbons (Fsp3) is 0.500. The minimum absolute atomic E-state index is 0.296. The Morgan fingerprint density at radius 1 is 1.50 bits per heavy atom. The number of hydrogen-bond acceptors (Lipinski definition) is 2. The molecule has 16 heavy (non-hydrogen) atoms. The molecule has 2 rings (SSSR count). The summed E-state index contributed by atoms with van der Waals surface area (Å²) < 4.78 is 5.28. The molecule has 0 aromatic heterocycles. The SMILES string of the molecule is COc1ccc(C)cc1CC(=O)C1CC1C. The first kappa shape index (κ1) is 11.2. The fourth-order valence-electron chi connectivity index (χ4n) is 2.14. The summed E-state index contributed by atoms with van der Waals surface area (Å²) in [5.41, 5.74) is 2.19. The molecule has 0 radical (unpaired) electrons. The van der Waals surface area contributed by atoms with Gasteiger partial charge in [-0.2, -0.15) is 0 Å². The van der Waals surface area contributed by atoms with E-state index in [4.69, 9.17) is 4.74 Å². The van der Waals surface area contributed by atoms with E-state index in [2.05, 4.69) is 6.92 Å². The molecule has 0 aliphatic heterocycles. The van der Waals surface area contributed by atoms with Gasteiger partial charge >= 0.3 is 0 Å². The van der Waals surface area contributed by atoms with Gasteiger partial charge in [0.2, 0.25) is 0 Å². The van der Waals surface area contributed by atoms with Crippen LogP contribution in [0.15, 0.2) is 18.2 Å². The maximum absolute atomic E-state index is 11.9. The molecule has 2 heteroatoms. The van der Waals surface area contributed by atoms with E-state index in [9.17, 15) is 4.79 Å². The predicted octanol–water partition coefficient (Wildman–Crippen LogP) is 2.77. The summed E-state index contributed by atoms with van der Waals surface area (Å²) in [6.45, 7) is 4.17. The van der Waals surface area contributed by atoms with Gasteiger partial charge in [0.1, 0.15) is 11.5 Å². The molecule has 1 saturated carbocycles. The number of ether oxygens (including phenoxy) is 1. The minimum atomic E-state index is 0.296. The molecule has 0 N–H and O–H groups in total. The Balaban J connectivity index is 2.13. The summed E-state index contributed by atoms with van der Waals surface area (Å²) in [7, 11) is 1.65.